The van der Waals surface area contributed by atoms with E-state index in [-0.39, 0.29) is 11.3 Å². The van der Waals surface area contributed by atoms with Gasteiger partial charge in [0.2, 0.25) is 0 Å². The lowest BCUT2D eigenvalue weighted by atomic mass is 9.60. The molecule has 1 saturated carbocycles. The Morgan fingerprint density at radius 2 is 2.07 bits per heavy atom. The van der Waals surface area contributed by atoms with Crippen LogP contribution in [0.4, 0.5) is 0 Å². The summed E-state index contributed by atoms with van der Waals surface area (Å²) >= 11 is 0. The van der Waals surface area contributed by atoms with E-state index in [1.54, 1.807) is 6.08 Å². The van der Waals surface area contributed by atoms with E-state index in [0.717, 1.165) is 25.5 Å². The monoisotopic (exact) mass is 196 g/mol. The predicted octanol–water partition coefficient (Wildman–Crippen LogP) is 2.32. The molecule has 80 valence electrons. The number of aldehydes is 1. The Labute approximate surface area is 86.0 Å². The average molecular weight is 196 g/mol. The van der Waals surface area contributed by atoms with E-state index in [9.17, 15) is 9.90 Å². The van der Waals surface area contributed by atoms with Gasteiger partial charge in [-0.3, -0.25) is 4.79 Å². The smallest absolute Gasteiger partial charge is 0.142 e. The first kappa shape index (κ1) is 11.4. The largest absolute Gasteiger partial charge is 0.385 e. The van der Waals surface area contributed by atoms with Gasteiger partial charge in [0.15, 0.2) is 0 Å². The second-order valence-corrected chi connectivity index (χ2v) is 5.00. The summed E-state index contributed by atoms with van der Waals surface area (Å²) in [5.74, 6) is 0.224. The average Bonchev–Trinajstić information content (AvgIpc) is 2.11. The fraction of sp³-hybridized carbons (Fsp3) is 0.750. The number of rotatable bonds is 2. The lowest BCUT2D eigenvalue weighted by Crippen LogP contribution is -2.50. The molecule has 1 aliphatic carbocycles. The highest BCUT2D eigenvalue weighted by molar-refractivity contribution is 5.65. The molecule has 0 amide bonds. The molecule has 0 saturated heterocycles. The third kappa shape index (κ3) is 1.76. The molecule has 2 atom stereocenters. The van der Waals surface area contributed by atoms with Crippen molar-refractivity contribution in [2.24, 2.45) is 11.3 Å². The third-order valence-corrected chi connectivity index (χ3v) is 3.70. The molecule has 0 aromatic rings. The number of carbonyl (C=O) groups excluding carboxylic acids is 1. The number of aliphatic hydroxyl groups is 1. The highest BCUT2D eigenvalue weighted by Crippen LogP contribution is 2.47. The minimum atomic E-state index is -0.827. The Bertz CT molecular complexity index is 243. The summed E-state index contributed by atoms with van der Waals surface area (Å²) in [5.41, 5.74) is -0.962. The minimum absolute atomic E-state index is 0.135. The van der Waals surface area contributed by atoms with E-state index in [0.29, 0.717) is 0 Å². The van der Waals surface area contributed by atoms with Gasteiger partial charge in [-0.1, -0.05) is 27.2 Å². The Balaban J connectivity index is 2.98. The first-order valence-electron chi connectivity index (χ1n) is 5.29. The van der Waals surface area contributed by atoms with Crippen LogP contribution in [0, 0.1) is 11.3 Å². The summed E-state index contributed by atoms with van der Waals surface area (Å²) < 4.78 is 0. The third-order valence-electron chi connectivity index (χ3n) is 3.70. The first-order chi connectivity index (χ1) is 6.44. The van der Waals surface area contributed by atoms with E-state index in [1.165, 1.54) is 6.08 Å². The van der Waals surface area contributed by atoms with Crippen molar-refractivity contribution in [3.05, 3.63) is 12.2 Å². The molecule has 0 radical (unpaired) electrons. The number of allylic oxidation sites excluding steroid dienone is 1. The van der Waals surface area contributed by atoms with Crippen molar-refractivity contribution in [1.29, 1.82) is 0 Å². The Kier molecular flexibility index (Phi) is 3.15. The number of hydrogen-bond acceptors (Lipinski definition) is 2. The molecule has 1 fully saturated rings. The molecule has 0 bridgehead atoms. The van der Waals surface area contributed by atoms with Gasteiger partial charge >= 0.3 is 0 Å². The minimum Gasteiger partial charge on any atom is -0.385 e. The first-order valence-corrected chi connectivity index (χ1v) is 5.29. The molecule has 0 heterocycles. The molecule has 1 rings (SSSR count). The Morgan fingerprint density at radius 1 is 1.43 bits per heavy atom. The molecule has 14 heavy (non-hydrogen) atoms. The summed E-state index contributed by atoms with van der Waals surface area (Å²) in [6, 6.07) is 0. The zero-order valence-corrected chi connectivity index (χ0v) is 9.29. The van der Waals surface area contributed by atoms with E-state index >= 15 is 0 Å². The van der Waals surface area contributed by atoms with Gasteiger partial charge in [0.1, 0.15) is 6.29 Å². The van der Waals surface area contributed by atoms with Crippen LogP contribution in [0.25, 0.3) is 0 Å². The van der Waals surface area contributed by atoms with Crippen molar-refractivity contribution >= 4 is 6.29 Å². The van der Waals surface area contributed by atoms with Crippen LogP contribution in [0.5, 0.6) is 0 Å². The van der Waals surface area contributed by atoms with Gasteiger partial charge in [-0.05, 0) is 36.3 Å². The van der Waals surface area contributed by atoms with Gasteiger partial charge in [-0.25, -0.2) is 0 Å². The standard InChI is InChI=1S/C12H20O2/c1-10-6-4-7-11(2,3)12(10,14)8-5-9-13/h5,8-10,14H,4,6-7H2,1-3H3/b8-5+/t10-,12-/m0/s1. The van der Waals surface area contributed by atoms with Gasteiger partial charge in [0, 0.05) is 0 Å². The second-order valence-electron chi connectivity index (χ2n) is 5.00. The van der Waals surface area contributed by atoms with Crippen LogP contribution >= 0.6 is 0 Å². The topological polar surface area (TPSA) is 37.3 Å². The van der Waals surface area contributed by atoms with E-state index in [2.05, 4.69) is 20.8 Å². The summed E-state index contributed by atoms with van der Waals surface area (Å²) in [7, 11) is 0. The van der Waals surface area contributed by atoms with Crippen LogP contribution in [-0.2, 0) is 4.79 Å². The van der Waals surface area contributed by atoms with Crippen LogP contribution in [-0.4, -0.2) is 17.0 Å². The zero-order valence-electron chi connectivity index (χ0n) is 9.29. The van der Waals surface area contributed by atoms with Gasteiger partial charge in [0.05, 0.1) is 5.60 Å². The van der Waals surface area contributed by atoms with Gasteiger partial charge in [-0.15, -0.1) is 0 Å². The summed E-state index contributed by atoms with van der Waals surface area (Å²) in [6.07, 6.45) is 7.02. The maximum absolute atomic E-state index is 10.6. The quantitative estimate of drug-likeness (QED) is 0.543. The normalized spacial score (nSPS) is 37.3. The van der Waals surface area contributed by atoms with Gasteiger partial charge in [0.25, 0.3) is 0 Å². The summed E-state index contributed by atoms with van der Waals surface area (Å²) in [4.78, 5) is 10.3. The van der Waals surface area contributed by atoms with Crippen LogP contribution < -0.4 is 0 Å². The van der Waals surface area contributed by atoms with Crippen molar-refractivity contribution in [2.45, 2.75) is 45.6 Å². The molecule has 0 spiro atoms. The van der Waals surface area contributed by atoms with Crippen LogP contribution in [0.15, 0.2) is 12.2 Å². The molecule has 0 aliphatic heterocycles. The van der Waals surface area contributed by atoms with Gasteiger partial charge < -0.3 is 5.11 Å². The van der Waals surface area contributed by atoms with E-state index in [4.69, 9.17) is 0 Å². The molecular formula is C12H20O2. The number of hydrogen-bond donors (Lipinski definition) is 1. The molecule has 2 heteroatoms. The fourth-order valence-electron chi connectivity index (χ4n) is 2.51. The van der Waals surface area contributed by atoms with Crippen molar-refractivity contribution < 1.29 is 9.90 Å². The lowest BCUT2D eigenvalue weighted by molar-refractivity contribution is -0.105. The molecule has 0 aromatic carbocycles. The predicted molar refractivity (Wildman–Crippen MR) is 56.9 cm³/mol. The highest BCUT2D eigenvalue weighted by Gasteiger charge is 2.47. The zero-order chi connectivity index (χ0) is 10.8. The van der Waals surface area contributed by atoms with E-state index < -0.39 is 5.60 Å². The lowest BCUT2D eigenvalue weighted by Gasteiger charge is -2.48. The number of carbonyl (C=O) groups is 1. The Hall–Kier alpha value is -0.630. The fourth-order valence-corrected chi connectivity index (χ4v) is 2.51. The molecule has 1 aliphatic rings. The maximum Gasteiger partial charge on any atom is 0.142 e. The molecule has 1 N–H and O–H groups in total. The second kappa shape index (κ2) is 3.85. The summed E-state index contributed by atoms with van der Waals surface area (Å²) in [6.45, 7) is 6.19. The van der Waals surface area contributed by atoms with Gasteiger partial charge in [-0.2, -0.15) is 0 Å². The molecule has 0 unspecified atom stereocenters. The molecule has 2 nitrogen and oxygen atoms in total. The van der Waals surface area contributed by atoms with Crippen molar-refractivity contribution in [3.8, 4) is 0 Å². The highest BCUT2D eigenvalue weighted by atomic mass is 16.3. The van der Waals surface area contributed by atoms with Crippen molar-refractivity contribution in [3.63, 3.8) is 0 Å². The molecular weight excluding hydrogens is 176 g/mol. The molecule has 0 aromatic heterocycles. The maximum atomic E-state index is 10.6. The van der Waals surface area contributed by atoms with Crippen LogP contribution in [0.3, 0.4) is 0 Å². The van der Waals surface area contributed by atoms with Crippen molar-refractivity contribution in [1.82, 2.24) is 0 Å². The van der Waals surface area contributed by atoms with Crippen LogP contribution in [0.2, 0.25) is 0 Å². The SMILES string of the molecule is C[C@H]1CCCC(C)(C)[C@]1(O)/C=C/C=O. The van der Waals surface area contributed by atoms with Crippen LogP contribution in [0.1, 0.15) is 40.0 Å². The Morgan fingerprint density at radius 3 is 2.57 bits per heavy atom. The summed E-state index contributed by atoms with van der Waals surface area (Å²) in [5, 5.41) is 10.6. The van der Waals surface area contributed by atoms with Crippen molar-refractivity contribution in [2.75, 3.05) is 0 Å². The van der Waals surface area contributed by atoms with E-state index in [1.807, 2.05) is 0 Å².